The van der Waals surface area contributed by atoms with E-state index in [0.29, 0.717) is 11.1 Å². The first-order valence-corrected chi connectivity index (χ1v) is 8.51. The third-order valence-electron chi connectivity index (χ3n) is 4.43. The Morgan fingerprint density at radius 2 is 1.52 bits per heavy atom. The van der Waals surface area contributed by atoms with Crippen LogP contribution in [0, 0.1) is 5.82 Å². The number of hydrogen-bond donors (Lipinski definition) is 1. The molecule has 31 heavy (non-hydrogen) atoms. The average molecular weight is 441 g/mol. The van der Waals surface area contributed by atoms with Crippen LogP contribution in [0.15, 0.2) is 48.7 Å². The summed E-state index contributed by atoms with van der Waals surface area (Å²) in [5.41, 5.74) is 2.91. The molecule has 160 valence electrons. The number of anilines is 1. The van der Waals surface area contributed by atoms with E-state index in [9.17, 15) is 30.7 Å². The zero-order chi connectivity index (χ0) is 22.6. The first-order chi connectivity index (χ1) is 14.4. The van der Waals surface area contributed by atoms with Gasteiger partial charge >= 0.3 is 12.4 Å². The van der Waals surface area contributed by atoms with E-state index in [0.717, 1.165) is 16.8 Å². The Morgan fingerprint density at radius 1 is 0.839 bits per heavy atom. The van der Waals surface area contributed by atoms with E-state index in [4.69, 9.17) is 5.73 Å². The molecule has 12 heteroatoms. The second-order valence-corrected chi connectivity index (χ2v) is 6.45. The molecule has 0 unspecified atom stereocenters. The van der Waals surface area contributed by atoms with Gasteiger partial charge < -0.3 is 5.73 Å². The maximum atomic E-state index is 13.3. The van der Waals surface area contributed by atoms with E-state index in [1.807, 2.05) is 0 Å². The molecule has 1 aromatic carbocycles. The number of fused-ring (bicyclic) bond motifs is 1. The Kier molecular flexibility index (Phi) is 4.60. The summed E-state index contributed by atoms with van der Waals surface area (Å²) in [6, 6.07) is 7.29. The molecule has 0 saturated heterocycles. The van der Waals surface area contributed by atoms with Crippen LogP contribution in [0.3, 0.4) is 0 Å². The Balaban J connectivity index is 1.87. The standard InChI is InChI=1S/C19H10F7N5/c20-10-3-1-9(2-4-10)12-8-28-31(16(12)27)15-6-5-11-13(18(21,22)23)7-14(19(24,25)26)29-17(11)30-15/h1-8H,27H2. The Labute approximate surface area is 169 Å². The van der Waals surface area contributed by atoms with Crippen LogP contribution in [-0.2, 0) is 12.4 Å². The monoisotopic (exact) mass is 441 g/mol. The molecule has 0 fully saturated rings. The maximum Gasteiger partial charge on any atom is 0.433 e. The lowest BCUT2D eigenvalue weighted by Gasteiger charge is -2.14. The van der Waals surface area contributed by atoms with Crippen molar-refractivity contribution in [2.75, 3.05) is 5.73 Å². The molecule has 0 radical (unpaired) electrons. The number of rotatable bonds is 2. The molecule has 0 aliphatic carbocycles. The number of halogens is 7. The summed E-state index contributed by atoms with van der Waals surface area (Å²) in [4.78, 5) is 7.08. The second-order valence-electron chi connectivity index (χ2n) is 6.45. The smallest absolute Gasteiger partial charge is 0.383 e. The number of alkyl halides is 6. The van der Waals surface area contributed by atoms with Crippen LogP contribution in [0.25, 0.3) is 28.0 Å². The number of aromatic nitrogens is 4. The van der Waals surface area contributed by atoms with Crippen LogP contribution in [-0.4, -0.2) is 19.7 Å². The van der Waals surface area contributed by atoms with Gasteiger partial charge in [0.15, 0.2) is 11.5 Å². The van der Waals surface area contributed by atoms with Gasteiger partial charge in [0.25, 0.3) is 0 Å². The van der Waals surface area contributed by atoms with Gasteiger partial charge in [0.1, 0.15) is 17.3 Å². The molecule has 3 aromatic heterocycles. The van der Waals surface area contributed by atoms with Gasteiger partial charge in [-0.05, 0) is 35.9 Å². The van der Waals surface area contributed by atoms with Crippen molar-refractivity contribution in [2.45, 2.75) is 12.4 Å². The number of nitrogens with two attached hydrogens (primary N) is 1. The molecule has 4 aromatic rings. The van der Waals surface area contributed by atoms with Crippen molar-refractivity contribution in [1.29, 1.82) is 0 Å². The van der Waals surface area contributed by atoms with Gasteiger partial charge in [-0.3, -0.25) is 0 Å². The zero-order valence-electron chi connectivity index (χ0n) is 15.1. The summed E-state index contributed by atoms with van der Waals surface area (Å²) in [7, 11) is 0. The van der Waals surface area contributed by atoms with E-state index in [1.165, 1.54) is 30.5 Å². The largest absolute Gasteiger partial charge is 0.433 e. The SMILES string of the molecule is Nc1c(-c2ccc(F)cc2)cnn1-c1ccc2c(C(F)(F)F)cc(C(F)(F)F)nc2n1. The van der Waals surface area contributed by atoms with Crippen LogP contribution < -0.4 is 5.73 Å². The van der Waals surface area contributed by atoms with Crippen molar-refractivity contribution >= 4 is 16.9 Å². The normalized spacial score (nSPS) is 12.5. The summed E-state index contributed by atoms with van der Waals surface area (Å²) in [6.07, 6.45) is -8.84. The third-order valence-corrected chi connectivity index (χ3v) is 4.43. The second kappa shape index (κ2) is 6.93. The van der Waals surface area contributed by atoms with Crippen molar-refractivity contribution < 1.29 is 30.7 Å². The first-order valence-electron chi connectivity index (χ1n) is 8.51. The van der Waals surface area contributed by atoms with Gasteiger partial charge in [-0.15, -0.1) is 0 Å². The van der Waals surface area contributed by atoms with Crippen molar-refractivity contribution in [2.24, 2.45) is 0 Å². The minimum Gasteiger partial charge on any atom is -0.383 e. The molecule has 0 amide bonds. The highest BCUT2D eigenvalue weighted by atomic mass is 19.4. The fourth-order valence-electron chi connectivity index (χ4n) is 2.98. The van der Waals surface area contributed by atoms with Gasteiger partial charge in [-0.1, -0.05) is 12.1 Å². The van der Waals surface area contributed by atoms with Crippen LogP contribution in [0.5, 0.6) is 0 Å². The van der Waals surface area contributed by atoms with Crippen molar-refractivity contribution in [1.82, 2.24) is 19.7 Å². The molecule has 2 N–H and O–H groups in total. The van der Waals surface area contributed by atoms with Gasteiger partial charge in [-0.2, -0.15) is 36.1 Å². The molecule has 0 spiro atoms. The lowest BCUT2D eigenvalue weighted by Crippen LogP contribution is -2.14. The Hall–Kier alpha value is -3.70. The number of benzene rings is 1. The average Bonchev–Trinajstić information content (AvgIpc) is 3.07. The number of hydrogen-bond acceptors (Lipinski definition) is 4. The Bertz CT molecular complexity index is 1270. The lowest BCUT2D eigenvalue weighted by atomic mass is 10.1. The summed E-state index contributed by atoms with van der Waals surface area (Å²) in [5, 5.41) is 3.39. The van der Waals surface area contributed by atoms with E-state index in [-0.39, 0.29) is 17.7 Å². The highest BCUT2D eigenvalue weighted by Crippen LogP contribution is 2.38. The number of pyridine rings is 2. The fourth-order valence-corrected chi connectivity index (χ4v) is 2.98. The third kappa shape index (κ3) is 3.76. The van der Waals surface area contributed by atoms with E-state index in [2.05, 4.69) is 15.1 Å². The molecule has 4 rings (SSSR count). The number of nitrogen functional groups attached to an aromatic ring is 1. The predicted octanol–water partition coefficient (Wildman–Crippen LogP) is 5.24. The summed E-state index contributed by atoms with van der Waals surface area (Å²) in [6.45, 7) is 0. The van der Waals surface area contributed by atoms with Crippen LogP contribution in [0.4, 0.5) is 36.6 Å². The highest BCUT2D eigenvalue weighted by molar-refractivity contribution is 5.81. The number of nitrogens with zero attached hydrogens (tertiary/aromatic N) is 4. The summed E-state index contributed by atoms with van der Waals surface area (Å²) >= 11 is 0. The van der Waals surface area contributed by atoms with Crippen molar-refractivity contribution in [3.63, 3.8) is 0 Å². The summed E-state index contributed by atoms with van der Waals surface area (Å²) < 4.78 is 93.3. The molecule has 5 nitrogen and oxygen atoms in total. The molecular weight excluding hydrogens is 431 g/mol. The van der Waals surface area contributed by atoms with Gasteiger partial charge in [0, 0.05) is 10.9 Å². The minimum absolute atomic E-state index is 0.00137. The van der Waals surface area contributed by atoms with E-state index in [1.54, 1.807) is 0 Å². The van der Waals surface area contributed by atoms with E-state index >= 15 is 0 Å². The quantitative estimate of drug-likeness (QED) is 0.432. The molecule has 0 bridgehead atoms. The first kappa shape index (κ1) is 20.6. The highest BCUT2D eigenvalue weighted by Gasteiger charge is 2.39. The van der Waals surface area contributed by atoms with Crippen LogP contribution in [0.2, 0.25) is 0 Å². The fraction of sp³-hybridized carbons (Fsp3) is 0.105. The molecule has 0 aliphatic heterocycles. The molecule has 0 atom stereocenters. The lowest BCUT2D eigenvalue weighted by molar-refractivity contribution is -0.144. The predicted molar refractivity (Wildman–Crippen MR) is 96.5 cm³/mol. The van der Waals surface area contributed by atoms with Gasteiger partial charge in [0.2, 0.25) is 0 Å². The molecule has 0 saturated carbocycles. The minimum atomic E-state index is -5.10. The van der Waals surface area contributed by atoms with Crippen LogP contribution >= 0.6 is 0 Å². The van der Waals surface area contributed by atoms with E-state index < -0.39 is 40.5 Å². The Morgan fingerprint density at radius 3 is 2.13 bits per heavy atom. The van der Waals surface area contributed by atoms with Gasteiger partial charge in [0.05, 0.1) is 11.8 Å². The van der Waals surface area contributed by atoms with Gasteiger partial charge in [-0.25, -0.2) is 14.4 Å². The summed E-state index contributed by atoms with van der Waals surface area (Å²) in [5.74, 6) is -0.613. The molecule has 0 aliphatic rings. The zero-order valence-corrected chi connectivity index (χ0v) is 15.1. The van der Waals surface area contributed by atoms with Crippen molar-refractivity contribution in [3.05, 3.63) is 65.7 Å². The molecular formula is C19H10F7N5. The van der Waals surface area contributed by atoms with Crippen molar-refractivity contribution in [3.8, 4) is 16.9 Å². The topological polar surface area (TPSA) is 69.6 Å². The van der Waals surface area contributed by atoms with Crippen LogP contribution in [0.1, 0.15) is 11.3 Å². The maximum absolute atomic E-state index is 13.3. The molecule has 3 heterocycles.